The van der Waals surface area contributed by atoms with Gasteiger partial charge in [-0.2, -0.15) is 4.98 Å². The fourth-order valence-electron chi connectivity index (χ4n) is 4.94. The lowest BCUT2D eigenvalue weighted by atomic mass is 9.91. The van der Waals surface area contributed by atoms with Crippen molar-refractivity contribution in [3.63, 3.8) is 0 Å². The third-order valence-corrected chi connectivity index (χ3v) is 7.07. The molecule has 0 unspecified atom stereocenters. The summed E-state index contributed by atoms with van der Waals surface area (Å²) >= 11 is 0. The molecule has 36 heavy (non-hydrogen) atoms. The summed E-state index contributed by atoms with van der Waals surface area (Å²) in [6.45, 7) is 4.95. The number of benzene rings is 2. The minimum Gasteiger partial charge on any atom is -0.497 e. The van der Waals surface area contributed by atoms with Gasteiger partial charge in [-0.25, -0.2) is 4.98 Å². The van der Waals surface area contributed by atoms with Crippen LogP contribution in [0.25, 0.3) is 0 Å². The summed E-state index contributed by atoms with van der Waals surface area (Å²) in [5.41, 5.74) is 9.50. The van der Waals surface area contributed by atoms with E-state index in [4.69, 9.17) is 15.5 Å². The Morgan fingerprint density at radius 2 is 1.94 bits per heavy atom. The van der Waals surface area contributed by atoms with Crippen LogP contribution in [0.15, 0.2) is 48.7 Å². The van der Waals surface area contributed by atoms with Crippen LogP contribution in [0.2, 0.25) is 0 Å². The molecule has 2 amide bonds. The van der Waals surface area contributed by atoms with E-state index in [1.54, 1.807) is 18.2 Å². The molecular weight excluding hydrogens is 456 g/mol. The van der Waals surface area contributed by atoms with Crippen LogP contribution in [0.4, 0.5) is 28.8 Å². The molecule has 1 aromatic heterocycles. The first-order valence-corrected chi connectivity index (χ1v) is 12.1. The highest BCUT2D eigenvalue weighted by atomic mass is 16.5. The molecule has 0 saturated heterocycles. The summed E-state index contributed by atoms with van der Waals surface area (Å²) in [6.07, 6.45) is 3.64. The number of aryl methyl sites for hydroxylation is 1. The number of hydrogen-bond acceptors (Lipinski definition) is 7. The van der Waals surface area contributed by atoms with Gasteiger partial charge in [-0.15, -0.1) is 0 Å². The molecule has 186 valence electrons. The van der Waals surface area contributed by atoms with Gasteiger partial charge in [0.2, 0.25) is 17.8 Å². The number of rotatable bonds is 7. The molecule has 1 fully saturated rings. The van der Waals surface area contributed by atoms with Crippen LogP contribution >= 0.6 is 0 Å². The first kappa shape index (κ1) is 23.6. The van der Waals surface area contributed by atoms with Crippen LogP contribution in [0.3, 0.4) is 0 Å². The highest BCUT2D eigenvalue weighted by molar-refractivity contribution is 5.98. The highest BCUT2D eigenvalue weighted by Gasteiger charge is 2.50. The Morgan fingerprint density at radius 1 is 1.19 bits per heavy atom. The van der Waals surface area contributed by atoms with Crippen molar-refractivity contribution >= 4 is 40.6 Å². The molecule has 0 radical (unpaired) electrons. The second-order valence-electron chi connectivity index (χ2n) is 9.24. The number of fused-ring (bicyclic) bond motifs is 1. The third kappa shape index (κ3) is 4.10. The van der Waals surface area contributed by atoms with E-state index in [2.05, 4.69) is 10.3 Å². The molecule has 2 heterocycles. The Balaban J connectivity index is 1.49. The number of aromatic nitrogens is 2. The van der Waals surface area contributed by atoms with Crippen LogP contribution < -0.4 is 25.6 Å². The molecule has 2 aliphatic rings. The van der Waals surface area contributed by atoms with Crippen LogP contribution in [0.5, 0.6) is 5.75 Å². The molecule has 0 spiro atoms. The predicted molar refractivity (Wildman–Crippen MR) is 139 cm³/mol. The summed E-state index contributed by atoms with van der Waals surface area (Å²) in [4.78, 5) is 37.9. The van der Waals surface area contributed by atoms with Gasteiger partial charge < -0.3 is 25.6 Å². The van der Waals surface area contributed by atoms with Crippen LogP contribution in [-0.2, 0) is 15.0 Å². The molecular formula is C27H30N6O3. The lowest BCUT2D eigenvalue weighted by molar-refractivity contribution is -0.120. The standard InChI is InChI=1S/C27H30N6O3/c1-4-32-22-16-29-26(30-18-5-10-21(17(2)15-18)27(12-13-27)25(28)35)31-24(22)33(14-11-23(32)34)19-6-8-20(36-3)9-7-19/h5-10,15-16H,4,11-14H2,1-3H3,(H2,28,35)(H,29,30,31). The highest BCUT2D eigenvalue weighted by Crippen LogP contribution is 2.49. The maximum atomic E-state index is 12.8. The Bertz CT molecular complexity index is 1320. The summed E-state index contributed by atoms with van der Waals surface area (Å²) < 4.78 is 5.30. The second kappa shape index (κ2) is 9.14. The van der Waals surface area contributed by atoms with Gasteiger partial charge in [-0.3, -0.25) is 9.59 Å². The second-order valence-corrected chi connectivity index (χ2v) is 9.24. The van der Waals surface area contributed by atoms with Gasteiger partial charge in [0.15, 0.2) is 5.82 Å². The number of primary amides is 1. The van der Waals surface area contributed by atoms with Gasteiger partial charge >= 0.3 is 0 Å². The van der Waals surface area contributed by atoms with Gasteiger partial charge in [0.05, 0.1) is 18.7 Å². The number of methoxy groups -OCH3 is 1. The topological polar surface area (TPSA) is 114 Å². The van der Waals surface area contributed by atoms with Crippen molar-refractivity contribution in [2.75, 3.05) is 35.3 Å². The first-order chi connectivity index (χ1) is 17.4. The van der Waals surface area contributed by atoms with Gasteiger partial charge in [0.25, 0.3) is 0 Å². The van der Waals surface area contributed by atoms with E-state index in [0.717, 1.165) is 41.1 Å². The number of nitrogens with two attached hydrogens (primary N) is 1. The third-order valence-electron chi connectivity index (χ3n) is 7.07. The SMILES string of the molecule is CCN1C(=O)CCN(c2ccc(OC)cc2)c2nc(Nc3ccc(C4(C(N)=O)CC4)c(C)c3)ncc21. The maximum absolute atomic E-state index is 12.8. The Kier molecular flexibility index (Phi) is 5.99. The average Bonchev–Trinajstić information content (AvgIpc) is 3.69. The number of anilines is 5. The molecule has 3 aromatic rings. The zero-order valence-corrected chi connectivity index (χ0v) is 20.7. The van der Waals surface area contributed by atoms with Crippen molar-refractivity contribution in [1.29, 1.82) is 0 Å². The molecule has 1 saturated carbocycles. The fourth-order valence-corrected chi connectivity index (χ4v) is 4.94. The van der Waals surface area contributed by atoms with Gasteiger partial charge in [-0.05, 0) is 74.2 Å². The molecule has 0 atom stereocenters. The monoisotopic (exact) mass is 486 g/mol. The van der Waals surface area contributed by atoms with E-state index >= 15 is 0 Å². The van der Waals surface area contributed by atoms with Crippen LogP contribution in [-0.4, -0.2) is 42.0 Å². The number of ether oxygens (including phenoxy) is 1. The number of nitrogens with one attached hydrogen (secondary N) is 1. The zero-order chi connectivity index (χ0) is 25.4. The lowest BCUT2D eigenvalue weighted by Crippen LogP contribution is -2.30. The van der Waals surface area contributed by atoms with E-state index in [9.17, 15) is 9.59 Å². The normalized spacial score (nSPS) is 16.2. The minimum atomic E-state index is -0.530. The van der Waals surface area contributed by atoms with Crippen LogP contribution in [0, 0.1) is 6.92 Å². The predicted octanol–water partition coefficient (Wildman–Crippen LogP) is 3.95. The number of carbonyl (C=O) groups is 2. The summed E-state index contributed by atoms with van der Waals surface area (Å²) in [5.74, 6) is 1.60. The van der Waals surface area contributed by atoms with Crippen molar-refractivity contribution in [2.45, 2.75) is 38.5 Å². The molecule has 9 nitrogen and oxygen atoms in total. The molecule has 1 aliphatic carbocycles. The van der Waals surface area contributed by atoms with E-state index < -0.39 is 5.41 Å². The van der Waals surface area contributed by atoms with Crippen molar-refractivity contribution < 1.29 is 14.3 Å². The maximum Gasteiger partial charge on any atom is 0.229 e. The number of hydrogen-bond donors (Lipinski definition) is 2. The van der Waals surface area contributed by atoms with Crippen LogP contribution in [0.1, 0.15) is 37.3 Å². The van der Waals surface area contributed by atoms with Crippen molar-refractivity contribution in [3.8, 4) is 5.75 Å². The number of carbonyl (C=O) groups excluding carboxylic acids is 2. The Labute approximate surface area is 210 Å². The minimum absolute atomic E-state index is 0.0359. The summed E-state index contributed by atoms with van der Waals surface area (Å²) in [5, 5.41) is 3.29. The molecule has 0 bridgehead atoms. The number of amides is 2. The molecule has 3 N–H and O–H groups in total. The Hall–Kier alpha value is -4.14. The van der Waals surface area contributed by atoms with Crippen molar-refractivity contribution in [1.82, 2.24) is 9.97 Å². The van der Waals surface area contributed by atoms with Crippen molar-refractivity contribution in [2.24, 2.45) is 5.73 Å². The van der Waals surface area contributed by atoms with E-state index in [-0.39, 0.29) is 11.8 Å². The van der Waals surface area contributed by atoms with E-state index in [0.29, 0.717) is 37.0 Å². The molecule has 1 aliphatic heterocycles. The summed E-state index contributed by atoms with van der Waals surface area (Å²) in [7, 11) is 1.63. The quantitative estimate of drug-likeness (QED) is 0.520. The zero-order valence-electron chi connectivity index (χ0n) is 20.7. The molecule has 2 aromatic carbocycles. The lowest BCUT2D eigenvalue weighted by Gasteiger charge is -2.25. The van der Waals surface area contributed by atoms with Gasteiger partial charge in [0.1, 0.15) is 11.4 Å². The van der Waals surface area contributed by atoms with Gasteiger partial charge in [-0.1, -0.05) is 6.07 Å². The fraction of sp³-hybridized carbons (Fsp3) is 0.333. The summed E-state index contributed by atoms with van der Waals surface area (Å²) in [6, 6.07) is 13.6. The molecule has 9 heteroatoms. The van der Waals surface area contributed by atoms with E-state index in [1.165, 1.54) is 0 Å². The Morgan fingerprint density at radius 3 is 2.56 bits per heavy atom. The smallest absolute Gasteiger partial charge is 0.229 e. The van der Waals surface area contributed by atoms with Crippen molar-refractivity contribution in [3.05, 3.63) is 59.8 Å². The van der Waals surface area contributed by atoms with E-state index in [1.807, 2.05) is 61.2 Å². The largest absolute Gasteiger partial charge is 0.497 e. The first-order valence-electron chi connectivity index (χ1n) is 12.1. The molecule has 5 rings (SSSR count). The average molecular weight is 487 g/mol. The van der Waals surface area contributed by atoms with Gasteiger partial charge in [0, 0.05) is 30.9 Å². The number of nitrogens with zero attached hydrogens (tertiary/aromatic N) is 4.